The van der Waals surface area contributed by atoms with Crippen LogP contribution in [0.1, 0.15) is 37.0 Å². The fraction of sp³-hybridized carbons (Fsp3) is 0.111. The number of nitrogens with zero attached hydrogens (tertiary/aromatic N) is 2. The van der Waals surface area contributed by atoms with Crippen molar-refractivity contribution in [2.45, 2.75) is 30.6 Å². The van der Waals surface area contributed by atoms with Gasteiger partial charge in [-0.1, -0.05) is 128 Å². The van der Waals surface area contributed by atoms with E-state index in [4.69, 9.17) is 12.6 Å². The van der Waals surface area contributed by atoms with E-state index in [-0.39, 0.29) is 0 Å². The molecule has 8 rings (SSSR count). The summed E-state index contributed by atoms with van der Waals surface area (Å²) >= 11 is 5.43. The van der Waals surface area contributed by atoms with Crippen molar-refractivity contribution in [2.75, 3.05) is 12.1 Å². The van der Waals surface area contributed by atoms with Crippen LogP contribution in [0.2, 0.25) is 0 Å². The van der Waals surface area contributed by atoms with Crippen LogP contribution in [0.3, 0.4) is 0 Å². The van der Waals surface area contributed by atoms with Crippen molar-refractivity contribution >= 4 is 51.5 Å². The van der Waals surface area contributed by atoms with Crippen LogP contribution in [0, 0.1) is 0 Å². The molecule has 0 spiro atoms. The van der Waals surface area contributed by atoms with Crippen LogP contribution in [-0.4, -0.2) is 11.6 Å². The Kier molecular flexibility index (Phi) is 7.99. The zero-order valence-corrected chi connectivity index (χ0v) is 29.0. The Bertz CT molecular complexity index is 2330. The fourth-order valence-corrected chi connectivity index (χ4v) is 8.49. The molecule has 4 heteroatoms. The zero-order valence-electron chi connectivity index (χ0n) is 28.1. The number of fused-ring (bicyclic) bond motifs is 3. The van der Waals surface area contributed by atoms with Crippen molar-refractivity contribution in [1.82, 2.24) is 9.99 Å². The van der Waals surface area contributed by atoms with Gasteiger partial charge in [0.15, 0.2) is 0 Å². The van der Waals surface area contributed by atoms with Crippen molar-refractivity contribution in [3.8, 4) is 11.1 Å². The molecular weight excluding hydrogens is 615 g/mol. The lowest BCUT2D eigenvalue weighted by atomic mass is 9.61. The van der Waals surface area contributed by atoms with Crippen LogP contribution in [-0.2, 0) is 5.41 Å². The Morgan fingerprint density at radius 2 is 1.35 bits per heavy atom. The fourth-order valence-electron chi connectivity index (χ4n) is 8.07. The average Bonchev–Trinajstić information content (AvgIpc) is 3.51. The third kappa shape index (κ3) is 4.70. The van der Waals surface area contributed by atoms with Crippen LogP contribution < -0.4 is 10.4 Å². The van der Waals surface area contributed by atoms with Crippen LogP contribution in [0.5, 0.6) is 0 Å². The molecule has 1 N–H and O–H groups in total. The van der Waals surface area contributed by atoms with Crippen LogP contribution in [0.15, 0.2) is 168 Å². The highest BCUT2D eigenvalue weighted by Crippen LogP contribution is 2.58. The summed E-state index contributed by atoms with van der Waals surface area (Å²) in [7, 11) is 1.96. The number of nitrogens with one attached hydrogen (secondary N) is 1. The van der Waals surface area contributed by atoms with Gasteiger partial charge >= 0.3 is 0 Å². The molecule has 0 atom stereocenters. The topological polar surface area (TPSA) is 20.2 Å². The lowest BCUT2D eigenvalue weighted by molar-refractivity contribution is 0.725. The number of allylic oxidation sites excluding steroid dienone is 4. The van der Waals surface area contributed by atoms with E-state index in [2.05, 4.69) is 181 Å². The van der Waals surface area contributed by atoms with Gasteiger partial charge in [-0.25, -0.2) is 5.43 Å². The van der Waals surface area contributed by atoms with Crippen molar-refractivity contribution in [3.63, 3.8) is 0 Å². The van der Waals surface area contributed by atoms with Gasteiger partial charge < -0.3 is 4.57 Å². The van der Waals surface area contributed by atoms with Gasteiger partial charge in [0.2, 0.25) is 0 Å². The van der Waals surface area contributed by atoms with Crippen molar-refractivity contribution in [3.05, 3.63) is 180 Å². The van der Waals surface area contributed by atoms with Crippen molar-refractivity contribution in [1.29, 1.82) is 0 Å². The number of benzene rings is 6. The van der Waals surface area contributed by atoms with E-state index in [0.29, 0.717) is 0 Å². The highest BCUT2D eigenvalue weighted by atomic mass is 32.1. The molecule has 1 aromatic heterocycles. The molecule has 2 heterocycles. The Balaban J connectivity index is 1.54. The Morgan fingerprint density at radius 3 is 1.98 bits per heavy atom. The molecule has 7 aromatic rings. The molecule has 0 fully saturated rings. The SMILES string of the molecule is C/C=C1\C(=C/CC)C(c2ccccc2)(c2ccccc2)c2cc(-c3cccc(N(NC)c4ccccc4)c3)c(S)c3c4ccccc4n1c23. The maximum atomic E-state index is 5.43. The largest absolute Gasteiger partial charge is 0.309 e. The lowest BCUT2D eigenvalue weighted by Crippen LogP contribution is -2.37. The number of para-hydroxylation sites is 2. The second-order valence-corrected chi connectivity index (χ2v) is 13.0. The van der Waals surface area contributed by atoms with Gasteiger partial charge in [0.1, 0.15) is 0 Å². The number of hydrazine groups is 1. The maximum Gasteiger partial charge on any atom is 0.0739 e. The molecule has 0 saturated heterocycles. The number of hydrogen-bond acceptors (Lipinski definition) is 3. The van der Waals surface area contributed by atoms with Crippen LogP contribution >= 0.6 is 12.6 Å². The third-order valence-electron chi connectivity index (χ3n) is 9.98. The first-order chi connectivity index (χ1) is 24.1. The smallest absolute Gasteiger partial charge is 0.0739 e. The molecule has 240 valence electrons. The first-order valence-electron chi connectivity index (χ1n) is 17.0. The first-order valence-corrected chi connectivity index (χ1v) is 17.5. The summed E-state index contributed by atoms with van der Waals surface area (Å²) in [4.78, 5) is 0.981. The van der Waals surface area contributed by atoms with Gasteiger partial charge in [-0.15, -0.1) is 12.6 Å². The maximum absolute atomic E-state index is 5.43. The standard InChI is InChI=1S/C45H39N3S/c1-4-18-38-40(5-2)47-41-28-16-15-27-36(41)42-43(47)39(45(38,32-20-9-6-10-21-32)33-22-11-7-12-23-33)30-37(44(42)49)31-19-17-26-35(29-31)48(46-3)34-24-13-8-14-25-34/h5-30,46,49H,4H2,1-3H3/b38-18+,40-5+. The van der Waals surface area contributed by atoms with Gasteiger partial charge in [0, 0.05) is 28.4 Å². The second-order valence-electron chi connectivity index (χ2n) is 12.5. The van der Waals surface area contributed by atoms with Gasteiger partial charge in [-0.3, -0.25) is 5.01 Å². The molecule has 0 aliphatic carbocycles. The summed E-state index contributed by atoms with van der Waals surface area (Å²) < 4.78 is 2.49. The number of thiol groups is 1. The minimum Gasteiger partial charge on any atom is -0.309 e. The number of hydrogen-bond donors (Lipinski definition) is 2. The molecule has 49 heavy (non-hydrogen) atoms. The Labute approximate surface area is 294 Å². The molecular formula is C45H39N3S. The molecule has 0 amide bonds. The molecule has 0 unspecified atom stereocenters. The highest BCUT2D eigenvalue weighted by Gasteiger charge is 2.47. The quantitative estimate of drug-likeness (QED) is 0.132. The molecule has 1 aliphatic heterocycles. The Morgan fingerprint density at radius 1 is 0.735 bits per heavy atom. The predicted molar refractivity (Wildman–Crippen MR) is 211 cm³/mol. The predicted octanol–water partition coefficient (Wildman–Crippen LogP) is 11.6. The molecule has 0 bridgehead atoms. The van der Waals surface area contributed by atoms with Gasteiger partial charge in [-0.2, -0.15) is 0 Å². The lowest BCUT2D eigenvalue weighted by Gasteiger charge is -2.44. The van der Waals surface area contributed by atoms with Gasteiger partial charge in [0.25, 0.3) is 0 Å². The molecule has 1 aliphatic rings. The summed E-state index contributed by atoms with van der Waals surface area (Å²) in [6.07, 6.45) is 5.64. The minimum absolute atomic E-state index is 0.572. The molecule has 0 saturated carbocycles. The van der Waals surface area contributed by atoms with E-state index >= 15 is 0 Å². The minimum atomic E-state index is -0.572. The summed E-state index contributed by atoms with van der Waals surface area (Å²) in [5, 5.41) is 4.50. The summed E-state index contributed by atoms with van der Waals surface area (Å²) in [6, 6.07) is 52.6. The van der Waals surface area contributed by atoms with E-state index in [1.165, 1.54) is 49.8 Å². The van der Waals surface area contributed by atoms with Crippen LogP contribution in [0.25, 0.3) is 38.6 Å². The average molecular weight is 654 g/mol. The van der Waals surface area contributed by atoms with E-state index < -0.39 is 5.41 Å². The molecule has 6 aromatic carbocycles. The monoisotopic (exact) mass is 653 g/mol. The normalized spacial score (nSPS) is 15.3. The summed E-state index contributed by atoms with van der Waals surface area (Å²) in [5.41, 5.74) is 15.8. The van der Waals surface area contributed by atoms with Crippen molar-refractivity contribution in [2.24, 2.45) is 0 Å². The zero-order chi connectivity index (χ0) is 33.5. The van der Waals surface area contributed by atoms with E-state index in [9.17, 15) is 0 Å². The second kappa shape index (κ2) is 12.6. The van der Waals surface area contributed by atoms with Gasteiger partial charge in [-0.05, 0) is 83.1 Å². The van der Waals surface area contributed by atoms with E-state index in [1.807, 2.05) is 13.1 Å². The number of rotatable bonds is 7. The van der Waals surface area contributed by atoms with E-state index in [0.717, 1.165) is 33.8 Å². The third-order valence-corrected chi connectivity index (χ3v) is 10.4. The first kappa shape index (κ1) is 31.0. The van der Waals surface area contributed by atoms with Gasteiger partial charge in [0.05, 0.1) is 27.8 Å². The molecule has 0 radical (unpaired) electrons. The van der Waals surface area contributed by atoms with Crippen LogP contribution in [0.4, 0.5) is 11.4 Å². The highest BCUT2D eigenvalue weighted by molar-refractivity contribution is 7.80. The summed E-state index contributed by atoms with van der Waals surface area (Å²) in [5.74, 6) is 0. The number of anilines is 2. The molecule has 3 nitrogen and oxygen atoms in total. The van der Waals surface area contributed by atoms with Crippen molar-refractivity contribution < 1.29 is 0 Å². The summed E-state index contributed by atoms with van der Waals surface area (Å²) in [6.45, 7) is 4.42. The van der Waals surface area contributed by atoms with E-state index in [1.54, 1.807) is 0 Å². The Hall–Kier alpha value is -5.29. The number of aromatic nitrogens is 1.